The second kappa shape index (κ2) is 8.91. The van der Waals surface area contributed by atoms with E-state index < -0.39 is 18.5 Å². The molecule has 0 fully saturated rings. The highest BCUT2D eigenvalue weighted by Gasteiger charge is 2.27. The molecular weight excluding hydrogens is 448 g/mol. The van der Waals surface area contributed by atoms with Crippen LogP contribution in [0.2, 0.25) is 5.02 Å². The van der Waals surface area contributed by atoms with E-state index in [1.54, 1.807) is 18.2 Å². The summed E-state index contributed by atoms with van der Waals surface area (Å²) in [4.78, 5) is 17.0. The van der Waals surface area contributed by atoms with E-state index in [1.165, 1.54) is 30.5 Å². The van der Waals surface area contributed by atoms with Gasteiger partial charge in [-0.2, -0.15) is 23.1 Å². The second-order valence-electron chi connectivity index (χ2n) is 6.78. The lowest BCUT2D eigenvalue weighted by molar-refractivity contribution is -0.115. The molecule has 11 heteroatoms. The third-order valence-corrected chi connectivity index (χ3v) is 4.58. The molecule has 2 aromatic heterocycles. The zero-order valence-corrected chi connectivity index (χ0v) is 17.0. The van der Waals surface area contributed by atoms with Crippen LogP contribution in [0.15, 0.2) is 54.7 Å². The van der Waals surface area contributed by atoms with E-state index in [0.29, 0.717) is 22.8 Å². The van der Waals surface area contributed by atoms with Crippen LogP contribution in [0, 0.1) is 5.82 Å². The molecule has 0 saturated carbocycles. The van der Waals surface area contributed by atoms with Crippen molar-refractivity contribution in [2.24, 2.45) is 0 Å². The van der Waals surface area contributed by atoms with E-state index in [-0.39, 0.29) is 22.9 Å². The molecule has 0 spiro atoms. The molecule has 4 aromatic rings. The molecule has 0 aliphatic rings. The topological polar surface area (TPSA) is 75.6 Å². The Labute approximate surface area is 184 Å². The zero-order valence-electron chi connectivity index (χ0n) is 16.3. The highest BCUT2D eigenvalue weighted by atomic mass is 35.5. The van der Waals surface area contributed by atoms with Crippen LogP contribution in [0.1, 0.15) is 5.56 Å². The largest absolute Gasteiger partial charge is 0.405 e. The zero-order chi connectivity index (χ0) is 22.7. The Bertz CT molecular complexity index is 1250. The van der Waals surface area contributed by atoms with Crippen LogP contribution >= 0.6 is 11.6 Å². The van der Waals surface area contributed by atoms with Crippen molar-refractivity contribution in [1.29, 1.82) is 0 Å². The molecule has 2 N–H and O–H groups in total. The second-order valence-corrected chi connectivity index (χ2v) is 7.22. The Morgan fingerprint density at radius 1 is 0.938 bits per heavy atom. The lowest BCUT2D eigenvalue weighted by atomic mass is 10.1. The fraction of sp³-hybridized carbons (Fsp3) is 0.143. The van der Waals surface area contributed by atoms with E-state index >= 15 is 0 Å². The van der Waals surface area contributed by atoms with Gasteiger partial charge in [0.15, 0.2) is 17.0 Å². The number of aromatic nitrogens is 4. The smallest absolute Gasteiger partial charge is 0.359 e. The molecule has 0 atom stereocenters. The van der Waals surface area contributed by atoms with Crippen molar-refractivity contribution in [3.05, 3.63) is 71.1 Å². The van der Waals surface area contributed by atoms with Crippen LogP contribution in [0.3, 0.4) is 0 Å². The van der Waals surface area contributed by atoms with Gasteiger partial charge >= 0.3 is 6.18 Å². The van der Waals surface area contributed by atoms with Gasteiger partial charge in [-0.15, -0.1) is 0 Å². The molecule has 2 heterocycles. The van der Waals surface area contributed by atoms with Crippen molar-refractivity contribution < 1.29 is 17.6 Å². The SMILES string of the molecule is Fc1ccc(-c2cnc3nc(NCc4cccc(Cl)c4)nc(NCC(F)(F)F)c3n2)cc1. The average molecular weight is 463 g/mol. The molecule has 32 heavy (non-hydrogen) atoms. The molecule has 164 valence electrons. The van der Waals surface area contributed by atoms with E-state index in [0.717, 1.165) is 5.56 Å². The molecule has 0 aliphatic heterocycles. The number of anilines is 2. The molecule has 0 saturated heterocycles. The number of nitrogens with one attached hydrogen (secondary N) is 2. The predicted octanol–water partition coefficient (Wildman–Crippen LogP) is 5.47. The lowest BCUT2D eigenvalue weighted by Gasteiger charge is -2.13. The summed E-state index contributed by atoms with van der Waals surface area (Å²) in [6.45, 7) is -1.01. The molecular formula is C21H15ClF4N6. The monoisotopic (exact) mass is 462 g/mol. The van der Waals surface area contributed by atoms with E-state index in [2.05, 4.69) is 30.6 Å². The minimum Gasteiger partial charge on any atom is -0.359 e. The first-order valence-electron chi connectivity index (χ1n) is 9.36. The van der Waals surface area contributed by atoms with Crippen molar-refractivity contribution in [3.63, 3.8) is 0 Å². The number of hydrogen-bond acceptors (Lipinski definition) is 6. The number of rotatable bonds is 6. The van der Waals surface area contributed by atoms with Crippen LogP contribution < -0.4 is 10.6 Å². The summed E-state index contributed by atoms with van der Waals surface area (Å²) in [5.41, 5.74) is 1.89. The third-order valence-electron chi connectivity index (χ3n) is 4.34. The maximum atomic E-state index is 13.2. The van der Waals surface area contributed by atoms with Gasteiger partial charge in [0.2, 0.25) is 5.95 Å². The Morgan fingerprint density at radius 3 is 2.44 bits per heavy atom. The fourth-order valence-electron chi connectivity index (χ4n) is 2.88. The average Bonchev–Trinajstić information content (AvgIpc) is 2.76. The standard InChI is InChI=1S/C21H15ClF4N6/c22-14-3-1-2-12(8-14)9-28-20-31-18-17(19(32-20)29-11-21(24,25)26)30-16(10-27-18)13-4-6-15(23)7-5-13/h1-8,10H,9,11H2,(H2,27,28,29,31,32). The Kier molecular flexibility index (Phi) is 6.04. The number of nitrogens with zero attached hydrogens (tertiary/aromatic N) is 4. The Hall–Kier alpha value is -3.53. The highest BCUT2D eigenvalue weighted by molar-refractivity contribution is 6.30. The van der Waals surface area contributed by atoms with E-state index in [4.69, 9.17) is 11.6 Å². The Balaban J connectivity index is 1.69. The summed E-state index contributed by atoms with van der Waals surface area (Å²) in [5.74, 6) is -0.475. The van der Waals surface area contributed by atoms with Crippen molar-refractivity contribution in [3.8, 4) is 11.3 Å². The lowest BCUT2D eigenvalue weighted by Crippen LogP contribution is -2.22. The predicted molar refractivity (Wildman–Crippen MR) is 114 cm³/mol. The van der Waals surface area contributed by atoms with E-state index in [1.807, 2.05) is 6.07 Å². The maximum Gasteiger partial charge on any atom is 0.405 e. The van der Waals surface area contributed by atoms with Crippen molar-refractivity contribution in [2.45, 2.75) is 12.7 Å². The molecule has 4 rings (SSSR count). The third kappa shape index (κ3) is 5.38. The Morgan fingerprint density at radius 2 is 1.72 bits per heavy atom. The number of hydrogen-bond donors (Lipinski definition) is 2. The van der Waals surface area contributed by atoms with Crippen molar-refractivity contribution >= 4 is 34.5 Å². The normalized spacial score (nSPS) is 11.5. The summed E-state index contributed by atoms with van der Waals surface area (Å²) in [7, 11) is 0. The summed E-state index contributed by atoms with van der Waals surface area (Å²) < 4.78 is 51.7. The first-order chi connectivity index (χ1) is 15.3. The van der Waals surface area contributed by atoms with Gasteiger partial charge in [0, 0.05) is 17.1 Å². The number of benzene rings is 2. The summed E-state index contributed by atoms with van der Waals surface area (Å²) in [6, 6.07) is 12.6. The highest BCUT2D eigenvalue weighted by Crippen LogP contribution is 2.25. The first kappa shape index (κ1) is 21.7. The van der Waals surface area contributed by atoms with Crippen LogP contribution in [-0.4, -0.2) is 32.7 Å². The number of alkyl halides is 3. The maximum absolute atomic E-state index is 13.2. The molecule has 0 radical (unpaired) electrons. The summed E-state index contributed by atoms with van der Waals surface area (Å²) in [5, 5.41) is 5.77. The van der Waals surface area contributed by atoms with Gasteiger partial charge in [-0.3, -0.25) is 0 Å². The summed E-state index contributed by atoms with van der Waals surface area (Å²) in [6.07, 6.45) is -3.05. The molecule has 0 aliphatic carbocycles. The molecule has 2 aromatic carbocycles. The van der Waals surface area contributed by atoms with Gasteiger partial charge in [0.1, 0.15) is 12.4 Å². The van der Waals surface area contributed by atoms with Crippen LogP contribution in [0.25, 0.3) is 22.4 Å². The van der Waals surface area contributed by atoms with Gasteiger partial charge in [0.05, 0.1) is 11.9 Å². The van der Waals surface area contributed by atoms with Gasteiger partial charge in [-0.25, -0.2) is 14.4 Å². The molecule has 6 nitrogen and oxygen atoms in total. The van der Waals surface area contributed by atoms with Crippen LogP contribution in [0.4, 0.5) is 29.3 Å². The fourth-order valence-corrected chi connectivity index (χ4v) is 3.09. The van der Waals surface area contributed by atoms with E-state index in [9.17, 15) is 17.6 Å². The van der Waals surface area contributed by atoms with Crippen LogP contribution in [-0.2, 0) is 6.54 Å². The summed E-state index contributed by atoms with van der Waals surface area (Å²) >= 11 is 5.97. The minimum atomic E-state index is -4.46. The molecule has 0 bridgehead atoms. The van der Waals surface area contributed by atoms with Gasteiger partial charge in [0.25, 0.3) is 0 Å². The number of fused-ring (bicyclic) bond motifs is 1. The quantitative estimate of drug-likeness (QED) is 0.370. The van der Waals surface area contributed by atoms with Crippen molar-refractivity contribution in [2.75, 3.05) is 17.2 Å². The first-order valence-corrected chi connectivity index (χ1v) is 9.74. The molecule has 0 unspecified atom stereocenters. The number of halogens is 5. The molecule has 0 amide bonds. The van der Waals surface area contributed by atoms with Gasteiger partial charge < -0.3 is 10.6 Å². The minimum absolute atomic E-state index is 0.0596. The van der Waals surface area contributed by atoms with Gasteiger partial charge in [-0.05, 0) is 42.0 Å². The van der Waals surface area contributed by atoms with Crippen molar-refractivity contribution in [1.82, 2.24) is 19.9 Å². The van der Waals surface area contributed by atoms with Gasteiger partial charge in [-0.1, -0.05) is 23.7 Å². The van der Waals surface area contributed by atoms with Crippen LogP contribution in [0.5, 0.6) is 0 Å².